The standard InChI is InChI=1S/C14H9BrFN3O/c15-9-3-1-8(2-4-9)12-13(19-20-14(12)17)11-6-5-10(16)7-18-11/h1-7H,17H2. The van der Waals surface area contributed by atoms with E-state index in [1.807, 2.05) is 24.3 Å². The lowest BCUT2D eigenvalue weighted by Crippen LogP contribution is -1.90. The predicted octanol–water partition coefficient (Wildman–Crippen LogP) is 3.89. The molecule has 0 bridgehead atoms. The summed E-state index contributed by atoms with van der Waals surface area (Å²) in [4.78, 5) is 4.00. The third-order valence-corrected chi connectivity index (χ3v) is 3.35. The van der Waals surface area contributed by atoms with Gasteiger partial charge in [-0.25, -0.2) is 4.39 Å². The van der Waals surface area contributed by atoms with Crippen molar-refractivity contribution in [1.82, 2.24) is 10.1 Å². The number of aromatic nitrogens is 2. The zero-order chi connectivity index (χ0) is 14.1. The smallest absolute Gasteiger partial charge is 0.230 e. The summed E-state index contributed by atoms with van der Waals surface area (Å²) in [5, 5.41) is 3.92. The van der Waals surface area contributed by atoms with Crippen molar-refractivity contribution in [2.45, 2.75) is 0 Å². The van der Waals surface area contributed by atoms with Crippen molar-refractivity contribution in [3.8, 4) is 22.5 Å². The van der Waals surface area contributed by atoms with Gasteiger partial charge in [-0.1, -0.05) is 33.2 Å². The van der Waals surface area contributed by atoms with E-state index in [-0.39, 0.29) is 5.88 Å². The van der Waals surface area contributed by atoms with Gasteiger partial charge in [-0.2, -0.15) is 0 Å². The molecule has 0 radical (unpaired) electrons. The summed E-state index contributed by atoms with van der Waals surface area (Å²) in [5.74, 6) is -0.205. The monoisotopic (exact) mass is 333 g/mol. The minimum Gasteiger partial charge on any atom is -0.367 e. The molecule has 0 unspecified atom stereocenters. The second-order valence-electron chi connectivity index (χ2n) is 4.14. The minimum atomic E-state index is -0.407. The zero-order valence-electron chi connectivity index (χ0n) is 10.2. The van der Waals surface area contributed by atoms with Gasteiger partial charge in [-0.3, -0.25) is 4.98 Å². The Morgan fingerprint density at radius 2 is 1.85 bits per heavy atom. The maximum atomic E-state index is 12.9. The van der Waals surface area contributed by atoms with Crippen LogP contribution in [-0.4, -0.2) is 10.1 Å². The third kappa shape index (κ3) is 2.30. The van der Waals surface area contributed by atoms with Gasteiger partial charge in [-0.15, -0.1) is 0 Å². The number of rotatable bonds is 2. The first-order valence-corrected chi connectivity index (χ1v) is 6.57. The molecule has 0 aliphatic heterocycles. The van der Waals surface area contributed by atoms with Gasteiger partial charge >= 0.3 is 0 Å². The second kappa shape index (κ2) is 5.05. The summed E-state index contributed by atoms with van der Waals surface area (Å²) >= 11 is 3.37. The molecule has 2 aromatic heterocycles. The first kappa shape index (κ1) is 12.8. The SMILES string of the molecule is Nc1onc(-c2ccc(F)cn2)c1-c1ccc(Br)cc1. The number of nitrogen functional groups attached to an aromatic ring is 1. The molecular weight excluding hydrogens is 325 g/mol. The lowest BCUT2D eigenvalue weighted by atomic mass is 10.0. The molecule has 0 saturated heterocycles. The van der Waals surface area contributed by atoms with Gasteiger partial charge in [0.25, 0.3) is 0 Å². The van der Waals surface area contributed by atoms with Gasteiger partial charge in [0.2, 0.25) is 5.88 Å². The van der Waals surface area contributed by atoms with Gasteiger partial charge < -0.3 is 10.3 Å². The number of nitrogens with zero attached hydrogens (tertiary/aromatic N) is 2. The van der Waals surface area contributed by atoms with E-state index in [9.17, 15) is 4.39 Å². The summed E-state index contributed by atoms with van der Waals surface area (Å²) in [5.41, 5.74) is 8.34. The Labute approximate surface area is 122 Å². The van der Waals surface area contributed by atoms with E-state index in [2.05, 4.69) is 26.1 Å². The number of anilines is 1. The van der Waals surface area contributed by atoms with Gasteiger partial charge in [0.05, 0.1) is 17.5 Å². The van der Waals surface area contributed by atoms with E-state index in [1.54, 1.807) is 0 Å². The number of hydrogen-bond donors (Lipinski definition) is 1. The molecule has 2 heterocycles. The van der Waals surface area contributed by atoms with E-state index in [0.29, 0.717) is 17.0 Å². The summed E-state index contributed by atoms with van der Waals surface area (Å²) in [6, 6.07) is 10.4. The maximum absolute atomic E-state index is 12.9. The fourth-order valence-electron chi connectivity index (χ4n) is 1.89. The Hall–Kier alpha value is -2.21. The van der Waals surface area contributed by atoms with Gasteiger partial charge in [0, 0.05) is 4.47 Å². The van der Waals surface area contributed by atoms with Gasteiger partial charge in [-0.05, 0) is 29.8 Å². The lowest BCUT2D eigenvalue weighted by Gasteiger charge is -2.02. The van der Waals surface area contributed by atoms with E-state index in [4.69, 9.17) is 10.3 Å². The molecule has 3 rings (SSSR count). The quantitative estimate of drug-likeness (QED) is 0.772. The molecule has 0 saturated carbocycles. The molecule has 3 aromatic rings. The van der Waals surface area contributed by atoms with Crippen LogP contribution in [0.15, 0.2) is 51.6 Å². The highest BCUT2D eigenvalue weighted by atomic mass is 79.9. The Morgan fingerprint density at radius 3 is 2.50 bits per heavy atom. The first-order valence-electron chi connectivity index (χ1n) is 5.78. The molecule has 0 aliphatic rings. The van der Waals surface area contributed by atoms with Crippen LogP contribution in [0.2, 0.25) is 0 Å². The number of halogens is 2. The van der Waals surface area contributed by atoms with Crippen molar-refractivity contribution in [3.05, 3.63) is 52.9 Å². The van der Waals surface area contributed by atoms with Crippen LogP contribution in [-0.2, 0) is 0 Å². The average molecular weight is 334 g/mol. The van der Waals surface area contributed by atoms with Crippen molar-refractivity contribution >= 4 is 21.8 Å². The predicted molar refractivity (Wildman–Crippen MR) is 77.2 cm³/mol. The van der Waals surface area contributed by atoms with Gasteiger partial charge in [0.1, 0.15) is 11.5 Å². The Kier molecular flexibility index (Phi) is 3.23. The molecule has 6 heteroatoms. The molecule has 0 amide bonds. The van der Waals surface area contributed by atoms with E-state index < -0.39 is 5.82 Å². The van der Waals surface area contributed by atoms with Crippen LogP contribution in [0.4, 0.5) is 10.3 Å². The van der Waals surface area contributed by atoms with Crippen LogP contribution in [0.1, 0.15) is 0 Å². The molecule has 100 valence electrons. The van der Waals surface area contributed by atoms with Crippen LogP contribution >= 0.6 is 15.9 Å². The summed E-state index contributed by atoms with van der Waals surface area (Å²) in [7, 11) is 0. The molecule has 2 N–H and O–H groups in total. The highest BCUT2D eigenvalue weighted by Crippen LogP contribution is 2.35. The largest absolute Gasteiger partial charge is 0.367 e. The number of nitrogens with two attached hydrogens (primary N) is 1. The van der Waals surface area contributed by atoms with Gasteiger partial charge in [0.15, 0.2) is 0 Å². The lowest BCUT2D eigenvalue weighted by molar-refractivity contribution is 0.439. The average Bonchev–Trinajstić information content (AvgIpc) is 2.83. The van der Waals surface area contributed by atoms with Crippen molar-refractivity contribution in [3.63, 3.8) is 0 Å². The molecule has 0 fully saturated rings. The summed E-state index contributed by atoms with van der Waals surface area (Å²) < 4.78 is 18.9. The molecule has 20 heavy (non-hydrogen) atoms. The van der Waals surface area contributed by atoms with Crippen molar-refractivity contribution in [1.29, 1.82) is 0 Å². The van der Waals surface area contributed by atoms with Crippen LogP contribution in [0.3, 0.4) is 0 Å². The minimum absolute atomic E-state index is 0.202. The molecular formula is C14H9BrFN3O. The summed E-state index contributed by atoms with van der Waals surface area (Å²) in [6.45, 7) is 0. The number of hydrogen-bond acceptors (Lipinski definition) is 4. The Morgan fingerprint density at radius 1 is 1.10 bits per heavy atom. The molecule has 4 nitrogen and oxygen atoms in total. The fraction of sp³-hybridized carbons (Fsp3) is 0. The van der Waals surface area contributed by atoms with Crippen LogP contribution in [0.25, 0.3) is 22.5 Å². The third-order valence-electron chi connectivity index (χ3n) is 2.82. The highest BCUT2D eigenvalue weighted by Gasteiger charge is 2.18. The number of benzene rings is 1. The van der Waals surface area contributed by atoms with E-state index in [1.165, 1.54) is 12.1 Å². The van der Waals surface area contributed by atoms with Crippen LogP contribution in [0, 0.1) is 5.82 Å². The normalized spacial score (nSPS) is 10.7. The second-order valence-corrected chi connectivity index (χ2v) is 5.05. The molecule has 1 aromatic carbocycles. The fourth-order valence-corrected chi connectivity index (χ4v) is 2.15. The highest BCUT2D eigenvalue weighted by molar-refractivity contribution is 9.10. The maximum Gasteiger partial charge on any atom is 0.230 e. The van der Waals surface area contributed by atoms with Crippen molar-refractivity contribution in [2.75, 3.05) is 5.73 Å². The Balaban J connectivity index is 2.14. The van der Waals surface area contributed by atoms with Crippen molar-refractivity contribution < 1.29 is 8.91 Å². The zero-order valence-corrected chi connectivity index (χ0v) is 11.8. The van der Waals surface area contributed by atoms with Crippen LogP contribution in [0.5, 0.6) is 0 Å². The van der Waals surface area contributed by atoms with E-state index in [0.717, 1.165) is 16.2 Å². The topological polar surface area (TPSA) is 64.9 Å². The first-order chi connectivity index (χ1) is 9.65. The van der Waals surface area contributed by atoms with Crippen molar-refractivity contribution in [2.24, 2.45) is 0 Å². The molecule has 0 atom stereocenters. The molecule has 0 aliphatic carbocycles. The summed E-state index contributed by atoms with van der Waals surface area (Å²) in [6.07, 6.45) is 1.13. The van der Waals surface area contributed by atoms with E-state index >= 15 is 0 Å². The Bertz CT molecular complexity index is 738. The molecule has 0 spiro atoms. The van der Waals surface area contributed by atoms with Crippen LogP contribution < -0.4 is 5.73 Å². The number of pyridine rings is 1.